The zero-order valence-electron chi connectivity index (χ0n) is 10.9. The van der Waals surface area contributed by atoms with E-state index in [0.29, 0.717) is 12.8 Å². The molecule has 0 aromatic carbocycles. The Morgan fingerprint density at radius 2 is 2.12 bits per heavy atom. The van der Waals surface area contributed by atoms with Gasteiger partial charge in [0.15, 0.2) is 0 Å². The lowest BCUT2D eigenvalue weighted by Crippen LogP contribution is -2.53. The molecule has 96 valence electrons. The summed E-state index contributed by atoms with van der Waals surface area (Å²) in [7, 11) is 1.84. The van der Waals surface area contributed by atoms with Crippen molar-refractivity contribution in [2.75, 3.05) is 13.6 Å². The molecule has 0 saturated heterocycles. The normalized spacial score (nSPS) is 11.5. The Balaban J connectivity index is 2.52. The molecule has 1 aromatic heterocycles. The average molecular weight is 254 g/mol. The topological polar surface area (TPSA) is 46.3 Å². The van der Waals surface area contributed by atoms with Crippen LogP contribution in [0.2, 0.25) is 0 Å². The third kappa shape index (κ3) is 3.54. The number of nitrogens with zero attached hydrogens (tertiary/aromatic N) is 1. The maximum absolute atomic E-state index is 12.2. The molecule has 0 fully saturated rings. The predicted octanol–water partition coefficient (Wildman–Crippen LogP) is 2.27. The molecular formula is C13H22N2OS. The van der Waals surface area contributed by atoms with Gasteiger partial charge in [-0.3, -0.25) is 4.79 Å². The van der Waals surface area contributed by atoms with Crippen LogP contribution in [0.5, 0.6) is 0 Å². The highest BCUT2D eigenvalue weighted by Crippen LogP contribution is 2.15. The minimum Gasteiger partial charge on any atom is -0.344 e. The number of hydrogen-bond donors (Lipinski definition) is 1. The van der Waals surface area contributed by atoms with Crippen LogP contribution in [0.4, 0.5) is 0 Å². The van der Waals surface area contributed by atoms with E-state index in [2.05, 4.69) is 11.4 Å². The fourth-order valence-corrected chi connectivity index (χ4v) is 2.47. The van der Waals surface area contributed by atoms with E-state index in [1.54, 1.807) is 16.2 Å². The van der Waals surface area contributed by atoms with Crippen LogP contribution >= 0.6 is 11.3 Å². The van der Waals surface area contributed by atoms with Crippen molar-refractivity contribution in [3.05, 3.63) is 22.4 Å². The number of nitrogens with two attached hydrogens (primary N) is 1. The van der Waals surface area contributed by atoms with Gasteiger partial charge >= 0.3 is 0 Å². The van der Waals surface area contributed by atoms with Crippen molar-refractivity contribution in [1.82, 2.24) is 4.90 Å². The quantitative estimate of drug-likeness (QED) is 0.846. The van der Waals surface area contributed by atoms with Gasteiger partial charge in [-0.1, -0.05) is 19.9 Å². The second kappa shape index (κ2) is 6.17. The van der Waals surface area contributed by atoms with Gasteiger partial charge in [-0.2, -0.15) is 0 Å². The molecule has 0 aliphatic carbocycles. The van der Waals surface area contributed by atoms with Crippen LogP contribution in [0.25, 0.3) is 0 Å². The van der Waals surface area contributed by atoms with Gasteiger partial charge < -0.3 is 10.6 Å². The molecule has 0 atom stereocenters. The Bertz CT molecular complexity index is 344. The first-order valence-electron chi connectivity index (χ1n) is 6.10. The van der Waals surface area contributed by atoms with Crippen molar-refractivity contribution < 1.29 is 4.79 Å². The highest BCUT2D eigenvalue weighted by Gasteiger charge is 2.32. The van der Waals surface area contributed by atoms with Crippen molar-refractivity contribution >= 4 is 17.2 Å². The highest BCUT2D eigenvalue weighted by molar-refractivity contribution is 7.09. The molecule has 2 N–H and O–H groups in total. The Hall–Kier alpha value is -0.870. The Morgan fingerprint density at radius 1 is 1.47 bits per heavy atom. The monoisotopic (exact) mass is 254 g/mol. The Morgan fingerprint density at radius 3 is 2.59 bits per heavy atom. The molecule has 3 nitrogen and oxygen atoms in total. The maximum atomic E-state index is 12.2. The van der Waals surface area contributed by atoms with E-state index < -0.39 is 5.54 Å². The summed E-state index contributed by atoms with van der Waals surface area (Å²) in [4.78, 5) is 15.3. The number of thiophene rings is 1. The van der Waals surface area contributed by atoms with Gasteiger partial charge in [-0.15, -0.1) is 11.3 Å². The summed E-state index contributed by atoms with van der Waals surface area (Å²) in [5.74, 6) is 0.0547. The second-order valence-corrected chi connectivity index (χ2v) is 5.45. The summed E-state index contributed by atoms with van der Waals surface area (Å²) < 4.78 is 0. The Kier molecular flexibility index (Phi) is 5.15. The molecule has 1 heterocycles. The van der Waals surface area contributed by atoms with Crippen LogP contribution in [0.15, 0.2) is 17.5 Å². The van der Waals surface area contributed by atoms with Gasteiger partial charge in [-0.25, -0.2) is 0 Å². The van der Waals surface area contributed by atoms with E-state index in [1.165, 1.54) is 4.88 Å². The second-order valence-electron chi connectivity index (χ2n) is 4.42. The van der Waals surface area contributed by atoms with Gasteiger partial charge in [0.05, 0.1) is 5.54 Å². The number of carbonyl (C=O) groups excluding carboxylic acids is 1. The number of likely N-dealkylation sites (N-methyl/N-ethyl adjacent to an activating group) is 1. The third-order valence-electron chi connectivity index (χ3n) is 3.31. The van der Waals surface area contributed by atoms with Gasteiger partial charge in [0.2, 0.25) is 5.91 Å². The van der Waals surface area contributed by atoms with E-state index in [4.69, 9.17) is 5.73 Å². The molecule has 4 heteroatoms. The fourth-order valence-electron chi connectivity index (χ4n) is 1.77. The molecule has 0 aliphatic heterocycles. The lowest BCUT2D eigenvalue weighted by atomic mass is 9.92. The van der Waals surface area contributed by atoms with Crippen LogP contribution < -0.4 is 5.73 Å². The number of rotatable bonds is 6. The molecule has 1 aromatic rings. The molecule has 17 heavy (non-hydrogen) atoms. The lowest BCUT2D eigenvalue weighted by Gasteiger charge is -2.30. The molecule has 0 saturated carbocycles. The van der Waals surface area contributed by atoms with Crippen molar-refractivity contribution in [2.24, 2.45) is 5.73 Å². The van der Waals surface area contributed by atoms with Crippen LogP contribution in [-0.2, 0) is 11.2 Å². The van der Waals surface area contributed by atoms with Gasteiger partial charge in [0.1, 0.15) is 0 Å². The molecule has 0 aliphatic rings. The molecule has 1 amide bonds. The number of amides is 1. The van der Waals surface area contributed by atoms with E-state index in [9.17, 15) is 4.79 Å². The number of carbonyl (C=O) groups is 1. The highest BCUT2D eigenvalue weighted by atomic mass is 32.1. The van der Waals surface area contributed by atoms with Gasteiger partial charge in [-0.05, 0) is 30.7 Å². The summed E-state index contributed by atoms with van der Waals surface area (Å²) in [6.07, 6.45) is 2.28. The van der Waals surface area contributed by atoms with Crippen molar-refractivity contribution in [2.45, 2.75) is 38.6 Å². The predicted molar refractivity (Wildman–Crippen MR) is 73.2 cm³/mol. The lowest BCUT2D eigenvalue weighted by molar-refractivity contribution is -0.135. The van der Waals surface area contributed by atoms with Crippen molar-refractivity contribution in [3.63, 3.8) is 0 Å². The van der Waals surface area contributed by atoms with Crippen LogP contribution in [0, 0.1) is 0 Å². The minimum absolute atomic E-state index is 0.0547. The van der Waals surface area contributed by atoms with E-state index >= 15 is 0 Å². The van der Waals surface area contributed by atoms with Gasteiger partial charge in [0, 0.05) is 18.5 Å². The van der Waals surface area contributed by atoms with Crippen molar-refractivity contribution in [3.8, 4) is 0 Å². The summed E-state index contributed by atoms with van der Waals surface area (Å²) in [5.41, 5.74) is 5.41. The van der Waals surface area contributed by atoms with E-state index in [0.717, 1.165) is 13.0 Å². The summed E-state index contributed by atoms with van der Waals surface area (Å²) in [6.45, 7) is 4.67. The zero-order valence-corrected chi connectivity index (χ0v) is 11.7. The summed E-state index contributed by atoms with van der Waals surface area (Å²) >= 11 is 1.73. The standard InChI is InChI=1S/C13H22N2OS/c1-4-13(14,5-2)12(16)15(3)9-8-11-7-6-10-17-11/h6-7,10H,4-5,8-9,14H2,1-3H3. The first kappa shape index (κ1) is 14.2. The zero-order chi connectivity index (χ0) is 12.9. The smallest absolute Gasteiger partial charge is 0.242 e. The SMILES string of the molecule is CCC(N)(CC)C(=O)N(C)CCc1cccs1. The minimum atomic E-state index is -0.690. The number of hydrogen-bond acceptors (Lipinski definition) is 3. The van der Waals surface area contributed by atoms with Gasteiger partial charge in [0.25, 0.3) is 0 Å². The van der Waals surface area contributed by atoms with Crippen LogP contribution in [0.3, 0.4) is 0 Å². The molecule has 1 rings (SSSR count). The Labute approximate surface area is 108 Å². The van der Waals surface area contributed by atoms with Crippen LogP contribution in [-0.4, -0.2) is 29.9 Å². The van der Waals surface area contributed by atoms with E-state index in [1.807, 2.05) is 27.0 Å². The molecule has 0 spiro atoms. The molecule has 0 radical (unpaired) electrons. The van der Waals surface area contributed by atoms with Crippen LogP contribution in [0.1, 0.15) is 31.6 Å². The van der Waals surface area contributed by atoms with Crippen molar-refractivity contribution in [1.29, 1.82) is 0 Å². The molecule has 0 bridgehead atoms. The third-order valence-corrected chi connectivity index (χ3v) is 4.24. The largest absolute Gasteiger partial charge is 0.344 e. The average Bonchev–Trinajstić information content (AvgIpc) is 2.87. The summed E-state index contributed by atoms with van der Waals surface area (Å²) in [5, 5.41) is 2.06. The molecular weight excluding hydrogens is 232 g/mol. The summed E-state index contributed by atoms with van der Waals surface area (Å²) in [6, 6.07) is 4.13. The molecule has 0 unspecified atom stereocenters. The first-order valence-corrected chi connectivity index (χ1v) is 6.98. The fraction of sp³-hybridized carbons (Fsp3) is 0.615. The maximum Gasteiger partial charge on any atom is 0.242 e. The first-order chi connectivity index (χ1) is 8.03. The van der Waals surface area contributed by atoms with E-state index in [-0.39, 0.29) is 5.91 Å².